The van der Waals surface area contributed by atoms with Gasteiger partial charge in [0.1, 0.15) is 6.54 Å². The lowest BCUT2D eigenvalue weighted by atomic mass is 9.39. The lowest BCUT2D eigenvalue weighted by Crippen LogP contribution is -2.57. The van der Waals surface area contributed by atoms with E-state index in [1.807, 2.05) is 13.8 Å². The van der Waals surface area contributed by atoms with E-state index in [1.54, 1.807) is 6.08 Å². The molecule has 6 atom stereocenters. The lowest BCUT2D eigenvalue weighted by Gasteiger charge is -2.65. The van der Waals surface area contributed by atoms with Crippen LogP contribution in [0.15, 0.2) is 46.3 Å². The van der Waals surface area contributed by atoms with Crippen molar-refractivity contribution in [3.63, 3.8) is 0 Å². The highest BCUT2D eigenvalue weighted by molar-refractivity contribution is 6.06. The van der Waals surface area contributed by atoms with E-state index in [9.17, 15) is 19.5 Å². The molecule has 0 aromatic rings. The number of aliphatic hydroxyl groups is 1. The van der Waals surface area contributed by atoms with Crippen LogP contribution in [0.2, 0.25) is 0 Å². The molecule has 0 aromatic heterocycles. The zero-order valence-electron chi connectivity index (χ0n) is 22.2. The third kappa shape index (κ3) is 3.39. The van der Waals surface area contributed by atoms with E-state index in [0.717, 1.165) is 56.1 Å². The highest BCUT2D eigenvalue weighted by atomic mass is 16.4. The molecule has 6 heteroatoms. The van der Waals surface area contributed by atoms with Crippen LogP contribution in [0.5, 0.6) is 0 Å². The van der Waals surface area contributed by atoms with E-state index in [4.69, 9.17) is 5.11 Å². The molecule has 6 nitrogen and oxygen atoms in total. The van der Waals surface area contributed by atoms with Crippen molar-refractivity contribution in [2.24, 2.45) is 33.5 Å². The first-order valence-corrected chi connectivity index (χ1v) is 13.4. The summed E-state index contributed by atoms with van der Waals surface area (Å²) in [6, 6.07) is 0. The normalized spacial score (nSPS) is 41.6. The zero-order chi connectivity index (χ0) is 26.3. The summed E-state index contributed by atoms with van der Waals surface area (Å²) >= 11 is 0. The average molecular weight is 494 g/mol. The van der Waals surface area contributed by atoms with Crippen LogP contribution in [0.25, 0.3) is 0 Å². The van der Waals surface area contributed by atoms with Crippen molar-refractivity contribution in [3.8, 4) is 0 Å². The van der Waals surface area contributed by atoms with Crippen LogP contribution in [0, 0.1) is 33.5 Å². The Bertz CT molecular complexity index is 1190. The van der Waals surface area contributed by atoms with Crippen molar-refractivity contribution >= 4 is 17.7 Å². The smallest absolute Gasteiger partial charge is 0.322 e. The molecular formula is C30H39NO5. The molecule has 3 saturated carbocycles. The molecule has 0 bridgehead atoms. The van der Waals surface area contributed by atoms with Gasteiger partial charge in [-0.05, 0) is 91.8 Å². The lowest BCUT2D eigenvalue weighted by molar-refractivity contribution is -0.147. The Morgan fingerprint density at radius 1 is 1.03 bits per heavy atom. The van der Waals surface area contributed by atoms with Gasteiger partial charge in [0.25, 0.3) is 0 Å². The number of allylic oxidation sites excluding steroid dienone is 7. The van der Waals surface area contributed by atoms with Gasteiger partial charge in [0.15, 0.2) is 5.76 Å². The maximum atomic E-state index is 13.1. The minimum absolute atomic E-state index is 0.0456. The second-order valence-corrected chi connectivity index (χ2v) is 13.1. The zero-order valence-corrected chi connectivity index (χ0v) is 22.2. The summed E-state index contributed by atoms with van der Waals surface area (Å²) in [6.07, 6.45) is 12.7. The molecule has 0 radical (unpaired) electrons. The van der Waals surface area contributed by atoms with E-state index < -0.39 is 11.4 Å². The van der Waals surface area contributed by atoms with Crippen molar-refractivity contribution in [2.45, 2.75) is 79.6 Å². The molecule has 0 heterocycles. The monoisotopic (exact) mass is 493 g/mol. The van der Waals surface area contributed by atoms with Crippen LogP contribution in [-0.2, 0) is 14.4 Å². The first-order valence-electron chi connectivity index (χ1n) is 13.4. The van der Waals surface area contributed by atoms with Crippen molar-refractivity contribution in [3.05, 3.63) is 46.3 Å². The maximum Gasteiger partial charge on any atom is 0.322 e. The highest BCUT2D eigenvalue weighted by Crippen LogP contribution is 2.70. The fourth-order valence-corrected chi connectivity index (χ4v) is 8.62. The van der Waals surface area contributed by atoms with Crippen LogP contribution < -0.4 is 5.32 Å². The van der Waals surface area contributed by atoms with Gasteiger partial charge in [0.2, 0.25) is 11.7 Å². The molecule has 0 saturated heterocycles. The number of carbonyl (C=O) groups excluding carboxylic acids is 2. The third-order valence-electron chi connectivity index (χ3n) is 11.0. The van der Waals surface area contributed by atoms with E-state index in [2.05, 4.69) is 38.2 Å². The van der Waals surface area contributed by atoms with Gasteiger partial charge in [-0.2, -0.15) is 0 Å². The Kier molecular flexibility index (Phi) is 5.52. The summed E-state index contributed by atoms with van der Waals surface area (Å²) in [5.41, 5.74) is 3.36. The van der Waals surface area contributed by atoms with Crippen molar-refractivity contribution < 1.29 is 24.6 Å². The van der Waals surface area contributed by atoms with Gasteiger partial charge in [0.05, 0.1) is 0 Å². The summed E-state index contributed by atoms with van der Waals surface area (Å²) in [4.78, 5) is 36.8. The maximum absolute atomic E-state index is 13.1. The van der Waals surface area contributed by atoms with Crippen LogP contribution in [0.4, 0.5) is 0 Å². The highest BCUT2D eigenvalue weighted by Gasteiger charge is 2.62. The van der Waals surface area contributed by atoms with Gasteiger partial charge >= 0.3 is 5.97 Å². The third-order valence-corrected chi connectivity index (χ3v) is 11.0. The molecule has 36 heavy (non-hydrogen) atoms. The van der Waals surface area contributed by atoms with Crippen LogP contribution in [-0.4, -0.2) is 34.4 Å². The Labute approximate surface area is 213 Å². The fraction of sp³-hybridized carbons (Fsp3) is 0.633. The SMILES string of the molecule is CC1=C(O)C(=O)C=C2C1=CC=C1C2(C)CCC2C3CC(C)(C(=O)NCC(=O)O)CCC3(C)CCC12C. The number of nitrogens with one attached hydrogen (secondary N) is 1. The Morgan fingerprint density at radius 3 is 2.42 bits per heavy atom. The number of rotatable bonds is 3. The van der Waals surface area contributed by atoms with Gasteiger partial charge in [-0.25, -0.2) is 0 Å². The second-order valence-electron chi connectivity index (χ2n) is 13.1. The molecule has 3 N–H and O–H groups in total. The van der Waals surface area contributed by atoms with E-state index in [-0.39, 0.29) is 40.2 Å². The minimum atomic E-state index is -1.02. The molecule has 5 rings (SSSR count). The van der Waals surface area contributed by atoms with Crippen LogP contribution in [0.3, 0.4) is 0 Å². The van der Waals surface area contributed by atoms with Crippen LogP contribution >= 0.6 is 0 Å². The number of hydrogen-bond acceptors (Lipinski definition) is 4. The summed E-state index contributed by atoms with van der Waals surface area (Å²) in [6.45, 7) is 10.5. The Balaban J connectivity index is 1.51. The molecule has 3 fully saturated rings. The molecule has 6 unspecified atom stereocenters. The number of amides is 1. The molecule has 0 aliphatic heterocycles. The largest absolute Gasteiger partial charge is 0.504 e. The predicted molar refractivity (Wildman–Crippen MR) is 137 cm³/mol. The molecule has 194 valence electrons. The van der Waals surface area contributed by atoms with Crippen molar-refractivity contribution in [2.75, 3.05) is 6.54 Å². The number of fused-ring (bicyclic) bond motifs is 7. The van der Waals surface area contributed by atoms with Gasteiger partial charge in [0, 0.05) is 16.4 Å². The molecule has 0 spiro atoms. The number of carboxylic acids is 1. The summed E-state index contributed by atoms with van der Waals surface area (Å²) in [7, 11) is 0. The van der Waals surface area contributed by atoms with Gasteiger partial charge in [-0.15, -0.1) is 0 Å². The van der Waals surface area contributed by atoms with E-state index in [1.165, 1.54) is 5.57 Å². The number of carbonyl (C=O) groups is 3. The number of ketones is 1. The van der Waals surface area contributed by atoms with Crippen molar-refractivity contribution in [1.82, 2.24) is 5.32 Å². The van der Waals surface area contributed by atoms with Gasteiger partial charge < -0.3 is 15.5 Å². The minimum Gasteiger partial charge on any atom is -0.504 e. The first kappa shape index (κ1) is 25.0. The van der Waals surface area contributed by atoms with E-state index in [0.29, 0.717) is 17.4 Å². The van der Waals surface area contributed by atoms with Crippen LogP contribution in [0.1, 0.15) is 79.6 Å². The van der Waals surface area contributed by atoms with Gasteiger partial charge in [-0.3, -0.25) is 14.4 Å². The van der Waals surface area contributed by atoms with Crippen molar-refractivity contribution in [1.29, 1.82) is 0 Å². The summed E-state index contributed by atoms with van der Waals surface area (Å²) in [5, 5.41) is 22.0. The summed E-state index contributed by atoms with van der Waals surface area (Å²) < 4.78 is 0. The predicted octanol–water partition coefficient (Wildman–Crippen LogP) is 5.42. The second kappa shape index (κ2) is 7.93. The average Bonchev–Trinajstić information content (AvgIpc) is 2.82. The van der Waals surface area contributed by atoms with E-state index >= 15 is 0 Å². The standard InChI is InChI=1S/C30H39NO5/c1-17-18-6-7-23-29(4,20(18)14-22(32)25(17)35)9-8-19-21-15-28(3,26(36)31-16-24(33)34)11-10-27(21,2)12-13-30(19,23)5/h6-7,14,19,21,35H,8-13,15-16H2,1-5H3,(H,31,36)(H,33,34). The quantitative estimate of drug-likeness (QED) is 0.487. The summed E-state index contributed by atoms with van der Waals surface area (Å²) in [5.74, 6) is -0.828. The number of hydrogen-bond donors (Lipinski definition) is 3. The molecular weight excluding hydrogens is 454 g/mol. The molecule has 5 aliphatic carbocycles. The van der Waals surface area contributed by atoms with Gasteiger partial charge in [-0.1, -0.05) is 45.4 Å². The Morgan fingerprint density at radius 2 is 1.72 bits per heavy atom. The molecule has 0 aromatic carbocycles. The molecule has 5 aliphatic rings. The number of aliphatic hydroxyl groups excluding tert-OH is 1. The topological polar surface area (TPSA) is 104 Å². The number of aliphatic carboxylic acids is 1. The fourth-order valence-electron chi connectivity index (χ4n) is 8.62. The molecule has 1 amide bonds. The number of carboxylic acid groups (broad SMARTS) is 1. The Hall–Kier alpha value is -2.63. The first-order chi connectivity index (χ1) is 16.8.